The lowest BCUT2D eigenvalue weighted by atomic mass is 9.90. The molecule has 0 aliphatic heterocycles. The number of likely N-dealkylation sites (N-methyl/N-ethyl adjacent to an activating group) is 1. The Morgan fingerprint density at radius 2 is 0.792 bits per heavy atom. The van der Waals surface area contributed by atoms with E-state index >= 15 is 0 Å². The Labute approximate surface area is 269 Å². The molecule has 0 unspecified atom stereocenters. The molecule has 0 atom stereocenters. The highest BCUT2D eigenvalue weighted by molar-refractivity contribution is 5.88. The van der Waals surface area contributed by atoms with Crippen molar-refractivity contribution >= 4 is 11.9 Å². The molecule has 0 aromatic heterocycles. The zero-order chi connectivity index (χ0) is 37.7. The van der Waals surface area contributed by atoms with Crippen LogP contribution in [0.2, 0.25) is 0 Å². The van der Waals surface area contributed by atoms with E-state index in [0.717, 1.165) is 38.5 Å². The van der Waals surface area contributed by atoms with E-state index in [9.17, 15) is 75.4 Å². The maximum Gasteiger partial charge on any atom is 0.460 e. The smallest absolute Gasteiger partial charge is 0.460 e. The summed E-state index contributed by atoms with van der Waals surface area (Å²) in [5.74, 6) is -53.7. The first-order valence-corrected chi connectivity index (χ1v) is 15.5. The molecule has 4 nitrogen and oxygen atoms in total. The predicted octanol–water partition coefficient (Wildman–Crippen LogP) is 10.6. The van der Waals surface area contributed by atoms with Crippen LogP contribution in [0.4, 0.5) is 65.9 Å². The Bertz CT molecular complexity index is 972. The van der Waals surface area contributed by atoms with Gasteiger partial charge in [-0.15, -0.1) is 0 Å². The number of ether oxygens (including phenoxy) is 1. The van der Waals surface area contributed by atoms with Gasteiger partial charge in [0.25, 0.3) is 5.91 Å². The third-order valence-corrected chi connectivity index (χ3v) is 7.57. The monoisotopic (exact) mass is 737 g/mol. The number of carbonyl (C=O) groups excluding carboxylic acids is 2. The number of halogens is 15. The Balaban J connectivity index is 4.76. The summed E-state index contributed by atoms with van der Waals surface area (Å²) in [7, 11) is 0.0882. The van der Waals surface area contributed by atoms with Gasteiger partial charge in [0.15, 0.2) is 0 Å². The average Bonchev–Trinajstić information content (AvgIpc) is 2.97. The van der Waals surface area contributed by atoms with Crippen molar-refractivity contribution in [1.29, 1.82) is 0 Å². The van der Waals surface area contributed by atoms with Crippen molar-refractivity contribution in [2.75, 3.05) is 20.2 Å². The van der Waals surface area contributed by atoms with Gasteiger partial charge in [-0.3, -0.25) is 9.59 Å². The summed E-state index contributed by atoms with van der Waals surface area (Å²) in [5.41, 5.74) is 0. The van der Waals surface area contributed by atoms with Crippen LogP contribution >= 0.6 is 0 Å². The maximum atomic E-state index is 14.1. The number of hydrogen-bond donors (Lipinski definition) is 0. The molecule has 0 spiro atoms. The maximum absolute atomic E-state index is 14.1. The van der Waals surface area contributed by atoms with Crippen LogP contribution in [0.5, 0.6) is 0 Å². The predicted molar refractivity (Wildman–Crippen MR) is 144 cm³/mol. The molecule has 286 valence electrons. The van der Waals surface area contributed by atoms with E-state index in [0.29, 0.717) is 6.42 Å². The Hall–Kier alpha value is -2.11. The van der Waals surface area contributed by atoms with Gasteiger partial charge in [-0.2, -0.15) is 65.9 Å². The van der Waals surface area contributed by atoms with Crippen LogP contribution in [0, 0.1) is 0 Å². The molecule has 0 saturated carbocycles. The third-order valence-electron chi connectivity index (χ3n) is 7.57. The van der Waals surface area contributed by atoms with Crippen molar-refractivity contribution < 1.29 is 80.2 Å². The van der Waals surface area contributed by atoms with Gasteiger partial charge in [0.2, 0.25) is 0 Å². The first-order chi connectivity index (χ1) is 21.8. The molecule has 1 amide bonds. The topological polar surface area (TPSA) is 46.6 Å². The van der Waals surface area contributed by atoms with Crippen molar-refractivity contribution in [1.82, 2.24) is 4.90 Å². The molecule has 0 saturated heterocycles. The lowest BCUT2D eigenvalue weighted by Gasteiger charge is -2.41. The largest absolute Gasteiger partial charge is 0.464 e. The van der Waals surface area contributed by atoms with E-state index in [4.69, 9.17) is 0 Å². The highest BCUT2D eigenvalue weighted by Crippen LogP contribution is 2.62. The molecular formula is C29H42F15NO3. The Morgan fingerprint density at radius 3 is 1.15 bits per heavy atom. The number of esters is 1. The Kier molecular flexibility index (Phi) is 17.9. The molecule has 0 fully saturated rings. The van der Waals surface area contributed by atoms with Crippen LogP contribution in [0.25, 0.3) is 0 Å². The fraction of sp³-hybridized carbons (Fsp3) is 0.931. The van der Waals surface area contributed by atoms with Gasteiger partial charge in [0, 0.05) is 7.05 Å². The van der Waals surface area contributed by atoms with Crippen LogP contribution < -0.4 is 0 Å². The molecule has 19 heteroatoms. The second-order valence-corrected chi connectivity index (χ2v) is 11.6. The number of nitrogens with zero attached hydrogens (tertiary/aromatic N) is 1. The fourth-order valence-corrected chi connectivity index (χ4v) is 4.49. The quantitative estimate of drug-likeness (QED) is 0.0533. The number of hydrogen-bond acceptors (Lipinski definition) is 3. The standard InChI is InChI=1S/C29H42F15NO3/c1-3-4-5-6-7-8-9-10-11-12-13-14-15-16-17-18-19-48-21(46)20-45(2)22(47)23(30,31)24(32,33)25(34,35)26(36,37)27(38,39)28(40,41)29(42,43)44/h3-20H2,1-2H3. The minimum atomic E-state index is -8.50. The molecule has 48 heavy (non-hydrogen) atoms. The number of alkyl halides is 15. The van der Waals surface area contributed by atoms with E-state index in [1.54, 1.807) is 0 Å². The van der Waals surface area contributed by atoms with E-state index in [2.05, 4.69) is 11.7 Å². The summed E-state index contributed by atoms with van der Waals surface area (Å²) in [6, 6.07) is 0. The molecule has 0 aromatic rings. The van der Waals surface area contributed by atoms with E-state index < -0.39 is 65.0 Å². The molecule has 0 radical (unpaired) electrons. The molecule has 0 N–H and O–H groups in total. The molecule has 0 bridgehead atoms. The van der Waals surface area contributed by atoms with Crippen molar-refractivity contribution in [3.05, 3.63) is 0 Å². The van der Waals surface area contributed by atoms with Crippen molar-refractivity contribution in [2.24, 2.45) is 0 Å². The molecule has 0 aliphatic carbocycles. The average molecular weight is 738 g/mol. The van der Waals surface area contributed by atoms with Gasteiger partial charge in [0.05, 0.1) is 6.61 Å². The van der Waals surface area contributed by atoms with Gasteiger partial charge < -0.3 is 9.64 Å². The number of unbranched alkanes of at least 4 members (excludes halogenated alkanes) is 15. The van der Waals surface area contributed by atoms with Gasteiger partial charge in [0.1, 0.15) is 6.54 Å². The summed E-state index contributed by atoms with van der Waals surface area (Å²) in [6.45, 7) is 0.131. The second kappa shape index (κ2) is 18.8. The number of carbonyl (C=O) groups is 2. The third kappa shape index (κ3) is 11.2. The van der Waals surface area contributed by atoms with Crippen molar-refractivity contribution in [3.8, 4) is 0 Å². The number of amides is 1. The van der Waals surface area contributed by atoms with Crippen LogP contribution in [-0.4, -0.2) is 78.7 Å². The van der Waals surface area contributed by atoms with Gasteiger partial charge in [-0.1, -0.05) is 103 Å². The highest BCUT2D eigenvalue weighted by Gasteiger charge is 2.94. The second-order valence-electron chi connectivity index (χ2n) is 11.6. The summed E-state index contributed by atoms with van der Waals surface area (Å²) in [4.78, 5) is 22.8. The van der Waals surface area contributed by atoms with Crippen LogP contribution in [0.3, 0.4) is 0 Å². The normalized spacial score (nSPS) is 13.9. The first-order valence-electron chi connectivity index (χ1n) is 15.5. The lowest BCUT2D eigenvalue weighted by Crippen LogP contribution is -2.74. The van der Waals surface area contributed by atoms with E-state index in [1.165, 1.54) is 51.4 Å². The zero-order valence-corrected chi connectivity index (χ0v) is 26.6. The minimum absolute atomic E-state index is 0.0882. The fourth-order valence-electron chi connectivity index (χ4n) is 4.49. The summed E-state index contributed by atoms with van der Waals surface area (Å²) in [6.07, 6.45) is 8.71. The summed E-state index contributed by atoms with van der Waals surface area (Å²) in [5, 5.41) is 0. The molecule has 0 heterocycles. The molecule has 0 rings (SSSR count). The zero-order valence-electron chi connectivity index (χ0n) is 26.6. The summed E-state index contributed by atoms with van der Waals surface area (Å²) >= 11 is 0. The molecular weight excluding hydrogens is 695 g/mol. The van der Waals surface area contributed by atoms with Gasteiger partial charge >= 0.3 is 47.7 Å². The van der Waals surface area contributed by atoms with E-state index in [1.807, 2.05) is 0 Å². The van der Waals surface area contributed by atoms with Crippen LogP contribution in [-0.2, 0) is 14.3 Å². The highest BCUT2D eigenvalue weighted by atomic mass is 19.4. The Morgan fingerprint density at radius 1 is 0.479 bits per heavy atom. The van der Waals surface area contributed by atoms with Gasteiger partial charge in [-0.05, 0) is 6.42 Å². The van der Waals surface area contributed by atoms with Gasteiger partial charge in [-0.25, -0.2) is 0 Å². The summed E-state index contributed by atoms with van der Waals surface area (Å²) < 4.78 is 205. The SMILES string of the molecule is CCCCCCCCCCCCCCCCCCOC(=O)CN(C)C(=O)C(F)(F)C(F)(F)C(F)(F)C(F)(F)C(F)(F)C(F)(F)C(F)(F)F. The number of rotatable bonds is 25. The van der Waals surface area contributed by atoms with Crippen molar-refractivity contribution in [3.63, 3.8) is 0 Å². The van der Waals surface area contributed by atoms with Crippen molar-refractivity contribution in [2.45, 2.75) is 151 Å². The molecule has 0 aromatic carbocycles. The van der Waals surface area contributed by atoms with Crippen LogP contribution in [0.15, 0.2) is 0 Å². The first kappa shape index (κ1) is 45.9. The van der Waals surface area contributed by atoms with Crippen LogP contribution in [0.1, 0.15) is 110 Å². The lowest BCUT2D eigenvalue weighted by molar-refractivity contribution is -0.449. The minimum Gasteiger partial charge on any atom is -0.464 e. The molecule has 0 aliphatic rings. The van der Waals surface area contributed by atoms with E-state index in [-0.39, 0.29) is 20.1 Å².